The van der Waals surface area contributed by atoms with E-state index in [1.807, 2.05) is 24.3 Å². The Morgan fingerprint density at radius 3 is 2.30 bits per heavy atom. The van der Waals surface area contributed by atoms with Gasteiger partial charge in [0.25, 0.3) is 5.91 Å². The summed E-state index contributed by atoms with van der Waals surface area (Å²) in [5, 5.41) is 1.65. The zero-order chi connectivity index (χ0) is 19.8. The highest BCUT2D eigenvalue weighted by Crippen LogP contribution is 2.35. The second-order valence-corrected chi connectivity index (χ2v) is 12.6. The molecule has 0 radical (unpaired) electrons. The first-order valence-electron chi connectivity index (χ1n) is 8.83. The van der Waals surface area contributed by atoms with E-state index < -0.39 is 25.7 Å². The predicted octanol–water partition coefficient (Wildman–Crippen LogP) is 5.12. The van der Waals surface area contributed by atoms with E-state index in [2.05, 4.69) is 13.1 Å². The molecule has 1 aliphatic carbocycles. The number of carbonyl (C=O) groups is 1. The van der Waals surface area contributed by atoms with Gasteiger partial charge in [-0.25, -0.2) is 0 Å². The van der Waals surface area contributed by atoms with Gasteiger partial charge in [0.15, 0.2) is 0 Å². The van der Waals surface area contributed by atoms with E-state index in [-0.39, 0.29) is 11.6 Å². The van der Waals surface area contributed by atoms with Gasteiger partial charge in [-0.1, -0.05) is 55.0 Å². The van der Waals surface area contributed by atoms with Crippen LogP contribution >= 0.6 is 11.6 Å². The summed E-state index contributed by atoms with van der Waals surface area (Å²) in [6.45, 7) is 4.18. The fourth-order valence-corrected chi connectivity index (χ4v) is 6.95. The van der Waals surface area contributed by atoms with Crippen molar-refractivity contribution in [3.8, 4) is 0 Å². The minimum atomic E-state index is -4.56. The molecule has 144 valence electrons. The average Bonchev–Trinajstić information content (AvgIpc) is 3.43. The van der Waals surface area contributed by atoms with Crippen molar-refractivity contribution >= 4 is 30.8 Å². The Labute approximate surface area is 163 Å². The van der Waals surface area contributed by atoms with Gasteiger partial charge in [-0.15, -0.1) is 0 Å². The summed E-state index contributed by atoms with van der Waals surface area (Å²) in [5.74, 6) is -0.543. The first-order chi connectivity index (χ1) is 12.6. The molecule has 1 amide bonds. The van der Waals surface area contributed by atoms with E-state index in [4.69, 9.17) is 11.6 Å². The third-order valence-electron chi connectivity index (χ3n) is 4.88. The van der Waals surface area contributed by atoms with Gasteiger partial charge in [-0.3, -0.25) is 4.79 Å². The summed E-state index contributed by atoms with van der Waals surface area (Å²) >= 11 is 6.35. The number of hydrogen-bond donors (Lipinski definition) is 0. The van der Waals surface area contributed by atoms with Gasteiger partial charge in [-0.05, 0) is 36.2 Å². The molecule has 3 rings (SSSR count). The number of benzene rings is 2. The van der Waals surface area contributed by atoms with Crippen LogP contribution in [0.3, 0.4) is 0 Å². The second kappa shape index (κ2) is 7.32. The lowest BCUT2D eigenvalue weighted by molar-refractivity contribution is -0.138. The van der Waals surface area contributed by atoms with E-state index in [9.17, 15) is 18.0 Å². The molecule has 27 heavy (non-hydrogen) atoms. The molecule has 1 saturated carbocycles. The standard InChI is InChI=1S/C20H21ClF3NOSi/c1-27(2,18-10-6-5-9-17(18)21)13-25(14-11-12-14)19(26)15-7-3-4-8-16(15)20(22,23)24/h3-10,14H,11-13H2,1-2H3. The van der Waals surface area contributed by atoms with Crippen LogP contribution in [0.5, 0.6) is 0 Å². The van der Waals surface area contributed by atoms with Crippen molar-refractivity contribution in [3.05, 3.63) is 64.7 Å². The van der Waals surface area contributed by atoms with Crippen LogP contribution in [0.1, 0.15) is 28.8 Å². The van der Waals surface area contributed by atoms with Gasteiger partial charge in [0.1, 0.15) is 8.07 Å². The number of carbonyl (C=O) groups excluding carboxylic acids is 1. The van der Waals surface area contributed by atoms with Crippen molar-refractivity contribution in [3.63, 3.8) is 0 Å². The van der Waals surface area contributed by atoms with Gasteiger partial charge >= 0.3 is 6.18 Å². The molecule has 0 aromatic heterocycles. The molecule has 0 spiro atoms. The topological polar surface area (TPSA) is 20.3 Å². The number of amides is 1. The first-order valence-corrected chi connectivity index (χ1v) is 12.4. The molecular formula is C20H21ClF3NOSi. The van der Waals surface area contributed by atoms with Crippen LogP contribution in [0, 0.1) is 0 Å². The van der Waals surface area contributed by atoms with Crippen LogP contribution in [-0.4, -0.2) is 31.1 Å². The molecule has 0 atom stereocenters. The van der Waals surface area contributed by atoms with Crippen LogP contribution in [-0.2, 0) is 6.18 Å². The van der Waals surface area contributed by atoms with E-state index in [1.165, 1.54) is 18.2 Å². The van der Waals surface area contributed by atoms with E-state index in [0.29, 0.717) is 11.2 Å². The maximum absolute atomic E-state index is 13.4. The summed E-state index contributed by atoms with van der Waals surface area (Å²) in [4.78, 5) is 14.7. The fraction of sp³-hybridized carbons (Fsp3) is 0.350. The van der Waals surface area contributed by atoms with Crippen LogP contribution in [0.15, 0.2) is 48.5 Å². The first kappa shape index (κ1) is 20.0. The van der Waals surface area contributed by atoms with E-state index in [0.717, 1.165) is 24.1 Å². The Morgan fingerprint density at radius 1 is 1.11 bits per heavy atom. The smallest absolute Gasteiger partial charge is 0.338 e. The molecule has 0 aliphatic heterocycles. The van der Waals surface area contributed by atoms with Crippen molar-refractivity contribution in [1.29, 1.82) is 0 Å². The number of nitrogens with zero attached hydrogens (tertiary/aromatic N) is 1. The van der Waals surface area contributed by atoms with Gasteiger partial charge in [0.2, 0.25) is 0 Å². The van der Waals surface area contributed by atoms with Crippen LogP contribution in [0.25, 0.3) is 0 Å². The quantitative estimate of drug-likeness (QED) is 0.625. The van der Waals surface area contributed by atoms with Crippen molar-refractivity contribution in [1.82, 2.24) is 4.90 Å². The summed E-state index contributed by atoms with van der Waals surface area (Å²) in [6, 6.07) is 12.5. The van der Waals surface area contributed by atoms with Crippen molar-refractivity contribution in [2.75, 3.05) is 6.17 Å². The third-order valence-corrected chi connectivity index (χ3v) is 8.39. The van der Waals surface area contributed by atoms with E-state index in [1.54, 1.807) is 4.90 Å². The fourth-order valence-electron chi connectivity index (χ4n) is 3.35. The van der Waals surface area contributed by atoms with Crippen molar-refractivity contribution in [2.24, 2.45) is 0 Å². The lowest BCUT2D eigenvalue weighted by atomic mass is 10.1. The molecule has 2 aromatic rings. The number of halogens is 4. The highest BCUT2D eigenvalue weighted by Gasteiger charge is 2.41. The normalized spacial score (nSPS) is 14.9. The number of hydrogen-bond acceptors (Lipinski definition) is 1. The Kier molecular flexibility index (Phi) is 5.41. The summed E-state index contributed by atoms with van der Waals surface area (Å²) < 4.78 is 40.1. The Morgan fingerprint density at radius 2 is 1.70 bits per heavy atom. The number of rotatable bonds is 5. The lowest BCUT2D eigenvalue weighted by Gasteiger charge is -2.33. The Bertz CT molecular complexity index is 849. The highest BCUT2D eigenvalue weighted by molar-refractivity contribution is 6.91. The maximum Gasteiger partial charge on any atom is 0.417 e. The monoisotopic (exact) mass is 411 g/mol. The zero-order valence-corrected chi connectivity index (χ0v) is 16.9. The molecule has 0 heterocycles. The van der Waals surface area contributed by atoms with Gasteiger partial charge in [0.05, 0.1) is 11.1 Å². The molecule has 0 unspecified atom stereocenters. The molecule has 2 aromatic carbocycles. The molecule has 7 heteroatoms. The Balaban J connectivity index is 1.94. The largest absolute Gasteiger partial charge is 0.417 e. The average molecular weight is 412 g/mol. The van der Waals surface area contributed by atoms with Crippen molar-refractivity contribution in [2.45, 2.75) is 38.2 Å². The molecule has 0 N–H and O–H groups in total. The summed E-state index contributed by atoms with van der Waals surface area (Å²) in [6.07, 6.45) is -2.47. The van der Waals surface area contributed by atoms with Crippen molar-refractivity contribution < 1.29 is 18.0 Å². The molecule has 2 nitrogen and oxygen atoms in total. The van der Waals surface area contributed by atoms with E-state index >= 15 is 0 Å². The number of alkyl halides is 3. The van der Waals surface area contributed by atoms with Crippen LogP contribution in [0.2, 0.25) is 18.1 Å². The predicted molar refractivity (Wildman–Crippen MR) is 104 cm³/mol. The molecule has 1 aliphatic rings. The SMILES string of the molecule is C[Si](C)(CN(C(=O)c1ccccc1C(F)(F)F)C1CC1)c1ccccc1Cl. The second-order valence-electron chi connectivity index (χ2n) is 7.57. The van der Waals surface area contributed by atoms with Gasteiger partial charge < -0.3 is 4.90 Å². The molecular weight excluding hydrogens is 391 g/mol. The summed E-state index contributed by atoms with van der Waals surface area (Å²) in [7, 11) is -2.18. The highest BCUT2D eigenvalue weighted by atomic mass is 35.5. The molecule has 0 saturated heterocycles. The zero-order valence-electron chi connectivity index (χ0n) is 15.2. The minimum Gasteiger partial charge on any atom is -0.338 e. The lowest BCUT2D eigenvalue weighted by Crippen LogP contribution is -2.54. The van der Waals surface area contributed by atoms with Gasteiger partial charge in [0, 0.05) is 17.2 Å². The third kappa shape index (κ3) is 4.38. The molecule has 1 fully saturated rings. The molecule has 0 bridgehead atoms. The Hall–Kier alpha value is -1.79. The van der Waals surface area contributed by atoms with Crippen LogP contribution in [0.4, 0.5) is 13.2 Å². The van der Waals surface area contributed by atoms with Gasteiger partial charge in [-0.2, -0.15) is 13.2 Å². The summed E-state index contributed by atoms with van der Waals surface area (Å²) in [5.41, 5.74) is -1.15. The van der Waals surface area contributed by atoms with Crippen LogP contribution < -0.4 is 5.19 Å². The minimum absolute atomic E-state index is 0.00746. The maximum atomic E-state index is 13.4.